The Kier molecular flexibility index (Phi) is 9.63. The predicted octanol–water partition coefficient (Wildman–Crippen LogP) is 1.24. The number of ether oxygens (including phenoxy) is 1. The summed E-state index contributed by atoms with van der Waals surface area (Å²) in [5, 5.41) is 7.04. The van der Waals surface area contributed by atoms with Crippen molar-refractivity contribution in [2.24, 2.45) is 10.9 Å². The van der Waals surface area contributed by atoms with E-state index in [4.69, 9.17) is 4.74 Å². The van der Waals surface area contributed by atoms with E-state index in [1.807, 2.05) is 7.05 Å². The second kappa shape index (κ2) is 10.9. The molecule has 1 aliphatic heterocycles. The van der Waals surface area contributed by atoms with Crippen LogP contribution in [0.1, 0.15) is 34.1 Å². The quantitative estimate of drug-likeness (QED) is 0.488. The summed E-state index contributed by atoms with van der Waals surface area (Å²) in [4.78, 5) is 9.11. The van der Waals surface area contributed by atoms with Gasteiger partial charge in [-0.15, -0.1) is 0 Å². The van der Waals surface area contributed by atoms with Crippen LogP contribution in [0, 0.1) is 5.92 Å². The van der Waals surface area contributed by atoms with E-state index in [9.17, 15) is 0 Å². The molecule has 0 aromatic carbocycles. The maximum absolute atomic E-state index is 5.85. The molecule has 0 saturated carbocycles. The first-order valence-electron chi connectivity index (χ1n) is 9.34. The zero-order chi connectivity index (χ0) is 18.1. The average Bonchev–Trinajstić information content (AvgIpc) is 2.89. The maximum Gasteiger partial charge on any atom is 0.191 e. The number of nitrogens with one attached hydrogen (secondary N) is 2. The molecule has 1 aliphatic rings. The van der Waals surface area contributed by atoms with Gasteiger partial charge in [-0.25, -0.2) is 0 Å². The molecule has 1 saturated heterocycles. The molecular weight excluding hydrogens is 302 g/mol. The van der Waals surface area contributed by atoms with Gasteiger partial charge in [-0.1, -0.05) is 6.92 Å². The van der Waals surface area contributed by atoms with E-state index in [2.05, 4.69) is 67.2 Å². The van der Waals surface area contributed by atoms with Crippen molar-refractivity contribution in [1.29, 1.82) is 0 Å². The Bertz CT molecular complexity index is 372. The third kappa shape index (κ3) is 7.36. The van der Waals surface area contributed by atoms with Crippen LogP contribution in [0.2, 0.25) is 0 Å². The van der Waals surface area contributed by atoms with Gasteiger partial charge in [0.05, 0.1) is 6.10 Å². The van der Waals surface area contributed by atoms with Crippen LogP contribution in [0.4, 0.5) is 0 Å². The highest BCUT2D eigenvalue weighted by molar-refractivity contribution is 5.80. The minimum absolute atomic E-state index is 0.212. The van der Waals surface area contributed by atoms with Crippen molar-refractivity contribution in [1.82, 2.24) is 20.4 Å². The molecule has 3 atom stereocenters. The highest BCUT2D eigenvalue weighted by Gasteiger charge is 2.31. The number of likely N-dealkylation sites (tertiary alicyclic amines) is 1. The first-order chi connectivity index (χ1) is 11.4. The molecule has 6 heteroatoms. The van der Waals surface area contributed by atoms with Gasteiger partial charge in [0.2, 0.25) is 0 Å². The summed E-state index contributed by atoms with van der Waals surface area (Å²) in [5.74, 6) is 1.51. The Labute approximate surface area is 149 Å². The second-order valence-corrected chi connectivity index (χ2v) is 7.40. The van der Waals surface area contributed by atoms with Gasteiger partial charge in [-0.3, -0.25) is 9.89 Å². The molecule has 0 amide bonds. The Morgan fingerprint density at radius 3 is 2.54 bits per heavy atom. The fraction of sp³-hybridized carbons (Fsp3) is 0.944. The largest absolute Gasteiger partial charge is 0.377 e. The fourth-order valence-corrected chi connectivity index (χ4v) is 3.08. The molecule has 0 spiro atoms. The first-order valence-corrected chi connectivity index (χ1v) is 9.34. The van der Waals surface area contributed by atoms with Crippen molar-refractivity contribution in [3.8, 4) is 0 Å². The minimum atomic E-state index is 0.212. The maximum atomic E-state index is 5.85. The molecular formula is C18H39N5O. The van der Waals surface area contributed by atoms with Gasteiger partial charge in [0, 0.05) is 51.9 Å². The lowest BCUT2D eigenvalue weighted by Crippen LogP contribution is -2.48. The van der Waals surface area contributed by atoms with Crippen molar-refractivity contribution in [3.63, 3.8) is 0 Å². The van der Waals surface area contributed by atoms with Crippen LogP contribution >= 0.6 is 0 Å². The smallest absolute Gasteiger partial charge is 0.191 e. The molecule has 1 rings (SSSR count). The topological polar surface area (TPSA) is 52.1 Å². The molecule has 1 fully saturated rings. The highest BCUT2D eigenvalue weighted by atomic mass is 16.5. The molecule has 0 radical (unpaired) electrons. The molecule has 24 heavy (non-hydrogen) atoms. The van der Waals surface area contributed by atoms with E-state index < -0.39 is 0 Å². The van der Waals surface area contributed by atoms with E-state index in [1.54, 1.807) is 0 Å². The van der Waals surface area contributed by atoms with Crippen LogP contribution in [0.3, 0.4) is 0 Å². The lowest BCUT2D eigenvalue weighted by molar-refractivity contribution is 0.0548. The molecule has 0 aromatic heterocycles. The van der Waals surface area contributed by atoms with Crippen LogP contribution in [0.15, 0.2) is 4.99 Å². The van der Waals surface area contributed by atoms with Crippen LogP contribution in [-0.4, -0.2) is 87.9 Å². The third-order valence-corrected chi connectivity index (χ3v) is 4.71. The van der Waals surface area contributed by atoms with Crippen molar-refractivity contribution < 1.29 is 4.74 Å². The first kappa shape index (κ1) is 21.2. The number of nitrogens with zero attached hydrogens (tertiary/aromatic N) is 3. The molecule has 0 aromatic rings. The summed E-state index contributed by atoms with van der Waals surface area (Å²) < 4.78 is 5.85. The van der Waals surface area contributed by atoms with Gasteiger partial charge < -0.3 is 20.3 Å². The molecule has 3 unspecified atom stereocenters. The zero-order valence-corrected chi connectivity index (χ0v) is 16.8. The summed E-state index contributed by atoms with van der Waals surface area (Å²) in [6.07, 6.45) is 1.23. The molecule has 1 heterocycles. The van der Waals surface area contributed by atoms with Crippen molar-refractivity contribution >= 4 is 5.96 Å². The molecule has 0 aliphatic carbocycles. The van der Waals surface area contributed by atoms with Crippen LogP contribution in [0.5, 0.6) is 0 Å². The van der Waals surface area contributed by atoms with Gasteiger partial charge in [0.1, 0.15) is 0 Å². The minimum Gasteiger partial charge on any atom is -0.377 e. The molecule has 6 nitrogen and oxygen atoms in total. The number of guanidine groups is 1. The highest BCUT2D eigenvalue weighted by Crippen LogP contribution is 2.18. The third-order valence-electron chi connectivity index (χ3n) is 4.71. The van der Waals surface area contributed by atoms with E-state index in [-0.39, 0.29) is 6.10 Å². The van der Waals surface area contributed by atoms with Gasteiger partial charge in [0.25, 0.3) is 0 Å². The zero-order valence-electron chi connectivity index (χ0n) is 16.8. The Morgan fingerprint density at radius 2 is 2.04 bits per heavy atom. The fourth-order valence-electron chi connectivity index (χ4n) is 3.08. The van der Waals surface area contributed by atoms with Gasteiger partial charge >= 0.3 is 0 Å². The second-order valence-electron chi connectivity index (χ2n) is 7.40. The SMILES string of the molecule is CCOC(CCN(C)C)CNC(=NC)NC1CN(C(C)C)CC1C. The molecule has 2 N–H and O–H groups in total. The molecule has 0 bridgehead atoms. The summed E-state index contributed by atoms with van der Waals surface area (Å²) in [7, 11) is 6.03. The van der Waals surface area contributed by atoms with Crippen LogP contribution in [-0.2, 0) is 4.74 Å². The summed E-state index contributed by atoms with van der Waals surface area (Å²) >= 11 is 0. The average molecular weight is 342 g/mol. The van der Waals surface area contributed by atoms with Gasteiger partial charge in [-0.2, -0.15) is 0 Å². The van der Waals surface area contributed by atoms with E-state index >= 15 is 0 Å². The number of hydrogen-bond donors (Lipinski definition) is 2. The van der Waals surface area contributed by atoms with Crippen LogP contribution in [0.25, 0.3) is 0 Å². The standard InChI is InChI=1S/C18H39N5O/c1-8-24-16(9-10-22(6)7)11-20-18(19-5)21-17-13-23(14(2)3)12-15(17)4/h14-17H,8-13H2,1-7H3,(H2,19,20,21). The van der Waals surface area contributed by atoms with Gasteiger partial charge in [-0.05, 0) is 47.2 Å². The van der Waals surface area contributed by atoms with Crippen molar-refractivity contribution in [2.75, 3.05) is 53.9 Å². The Hall–Kier alpha value is -0.850. The Morgan fingerprint density at radius 1 is 1.33 bits per heavy atom. The lowest BCUT2D eigenvalue weighted by atomic mass is 10.1. The Balaban J connectivity index is 2.46. The number of rotatable bonds is 9. The van der Waals surface area contributed by atoms with Gasteiger partial charge in [0.15, 0.2) is 5.96 Å². The van der Waals surface area contributed by atoms with Crippen molar-refractivity contribution in [2.45, 2.75) is 52.3 Å². The van der Waals surface area contributed by atoms with Crippen molar-refractivity contribution in [3.05, 3.63) is 0 Å². The summed E-state index contributed by atoms with van der Waals surface area (Å²) in [6.45, 7) is 13.7. The predicted molar refractivity (Wildman–Crippen MR) is 103 cm³/mol. The summed E-state index contributed by atoms with van der Waals surface area (Å²) in [6, 6.07) is 1.05. The monoisotopic (exact) mass is 341 g/mol. The normalized spacial score (nSPS) is 24.0. The summed E-state index contributed by atoms with van der Waals surface area (Å²) in [5.41, 5.74) is 0. The number of hydrogen-bond acceptors (Lipinski definition) is 4. The molecule has 142 valence electrons. The van der Waals surface area contributed by atoms with E-state index in [0.29, 0.717) is 18.0 Å². The van der Waals surface area contributed by atoms with Crippen LogP contribution < -0.4 is 10.6 Å². The lowest BCUT2D eigenvalue weighted by Gasteiger charge is -2.24. The van der Waals surface area contributed by atoms with E-state index in [1.165, 1.54) is 0 Å². The van der Waals surface area contributed by atoms with E-state index in [0.717, 1.165) is 45.2 Å². The number of aliphatic imine (C=N–C) groups is 1.